The lowest BCUT2D eigenvalue weighted by atomic mass is 9.87. The van der Waals surface area contributed by atoms with Gasteiger partial charge in [-0.05, 0) is 0 Å². The van der Waals surface area contributed by atoms with Crippen LogP contribution in [0.4, 0.5) is 0 Å². The number of rotatable bonds is 5. The maximum Gasteiger partial charge on any atom is 0.330 e. The van der Waals surface area contributed by atoms with Gasteiger partial charge in [-0.3, -0.25) is 4.79 Å². The molecule has 0 rings (SSSR count). The second-order valence-corrected chi connectivity index (χ2v) is 3.61. The van der Waals surface area contributed by atoms with Gasteiger partial charge in [0, 0.05) is 11.5 Å². The highest BCUT2D eigenvalue weighted by Gasteiger charge is 2.33. The molecule has 0 fully saturated rings. The van der Waals surface area contributed by atoms with Crippen molar-refractivity contribution in [2.45, 2.75) is 20.0 Å². The summed E-state index contributed by atoms with van der Waals surface area (Å²) in [6, 6.07) is 0. The molecule has 0 bridgehead atoms. The van der Waals surface area contributed by atoms with Gasteiger partial charge >= 0.3 is 5.97 Å². The topological polar surface area (TPSA) is 89.6 Å². The van der Waals surface area contributed by atoms with E-state index in [4.69, 9.17) is 10.5 Å². The molecular formula is C9H15NO4. The van der Waals surface area contributed by atoms with Gasteiger partial charge in [-0.25, -0.2) is 4.79 Å². The van der Waals surface area contributed by atoms with Gasteiger partial charge in [0.25, 0.3) is 0 Å². The normalized spacial score (nSPS) is 13.1. The quantitative estimate of drug-likeness (QED) is 0.467. The van der Waals surface area contributed by atoms with Crippen molar-refractivity contribution < 1.29 is 19.4 Å². The van der Waals surface area contributed by atoms with Crippen LogP contribution in [-0.4, -0.2) is 29.7 Å². The Kier molecular flexibility index (Phi) is 4.30. The van der Waals surface area contributed by atoms with E-state index in [-0.39, 0.29) is 6.61 Å². The Bertz CT molecular complexity index is 247. The van der Waals surface area contributed by atoms with Crippen LogP contribution < -0.4 is 5.73 Å². The largest absolute Gasteiger partial charge is 0.462 e. The summed E-state index contributed by atoms with van der Waals surface area (Å²) in [6.07, 6.45) is -0.340. The number of aliphatic hydroxyl groups excluding tert-OH is 1. The fraction of sp³-hybridized carbons (Fsp3) is 0.556. The smallest absolute Gasteiger partial charge is 0.330 e. The first kappa shape index (κ1) is 12.6. The Labute approximate surface area is 82.5 Å². The van der Waals surface area contributed by atoms with E-state index in [1.807, 2.05) is 0 Å². The van der Waals surface area contributed by atoms with Crippen molar-refractivity contribution >= 4 is 11.9 Å². The standard InChI is InChI=1S/C9H15NO4/c1-4-6(11)14-5-9(2,3)7(12)8(10)13/h4,7,12H,1,5H2,2-3H3,(H2,10,13). The van der Waals surface area contributed by atoms with Crippen LogP contribution in [0.15, 0.2) is 12.7 Å². The molecule has 0 aromatic heterocycles. The van der Waals surface area contributed by atoms with Crippen molar-refractivity contribution in [3.05, 3.63) is 12.7 Å². The van der Waals surface area contributed by atoms with Gasteiger partial charge in [-0.2, -0.15) is 0 Å². The van der Waals surface area contributed by atoms with Crippen LogP contribution in [0.5, 0.6) is 0 Å². The molecule has 1 atom stereocenters. The molecular weight excluding hydrogens is 186 g/mol. The fourth-order valence-corrected chi connectivity index (χ4v) is 0.780. The third-order valence-electron chi connectivity index (χ3n) is 1.76. The number of carbonyl (C=O) groups is 2. The average Bonchev–Trinajstić information content (AvgIpc) is 2.12. The molecule has 0 saturated heterocycles. The van der Waals surface area contributed by atoms with Crippen LogP contribution in [0.3, 0.4) is 0 Å². The van der Waals surface area contributed by atoms with Gasteiger partial charge < -0.3 is 15.6 Å². The number of aliphatic hydroxyl groups is 1. The number of primary amides is 1. The number of carbonyl (C=O) groups excluding carboxylic acids is 2. The molecule has 0 spiro atoms. The molecule has 80 valence electrons. The Morgan fingerprint density at radius 1 is 1.64 bits per heavy atom. The molecule has 0 aliphatic carbocycles. The number of hydrogen-bond donors (Lipinski definition) is 2. The van der Waals surface area contributed by atoms with Crippen molar-refractivity contribution in [1.29, 1.82) is 0 Å². The van der Waals surface area contributed by atoms with Crippen LogP contribution in [-0.2, 0) is 14.3 Å². The van der Waals surface area contributed by atoms with E-state index < -0.39 is 23.4 Å². The Balaban J connectivity index is 4.26. The van der Waals surface area contributed by atoms with Crippen molar-refractivity contribution in [3.8, 4) is 0 Å². The van der Waals surface area contributed by atoms with Crippen LogP contribution in [0.25, 0.3) is 0 Å². The van der Waals surface area contributed by atoms with Gasteiger partial charge in [0.1, 0.15) is 6.10 Å². The number of nitrogens with two attached hydrogens (primary N) is 1. The summed E-state index contributed by atoms with van der Waals surface area (Å²) in [4.78, 5) is 21.4. The molecule has 5 heteroatoms. The summed E-state index contributed by atoms with van der Waals surface area (Å²) in [5.41, 5.74) is 4.01. The zero-order valence-corrected chi connectivity index (χ0v) is 8.32. The first-order chi connectivity index (χ1) is 6.31. The molecule has 3 N–H and O–H groups in total. The highest BCUT2D eigenvalue weighted by Crippen LogP contribution is 2.20. The summed E-state index contributed by atoms with van der Waals surface area (Å²) in [5.74, 6) is -1.45. The van der Waals surface area contributed by atoms with E-state index in [0.717, 1.165) is 6.08 Å². The Hall–Kier alpha value is -1.36. The Morgan fingerprint density at radius 3 is 2.50 bits per heavy atom. The lowest BCUT2D eigenvalue weighted by Gasteiger charge is -2.27. The molecule has 0 aromatic carbocycles. The highest BCUT2D eigenvalue weighted by atomic mass is 16.5. The summed E-state index contributed by atoms with van der Waals surface area (Å²) in [5, 5.41) is 9.35. The number of ether oxygens (including phenoxy) is 1. The van der Waals surface area contributed by atoms with Gasteiger partial charge in [0.15, 0.2) is 0 Å². The number of amides is 1. The average molecular weight is 201 g/mol. The first-order valence-electron chi connectivity index (χ1n) is 4.08. The van der Waals surface area contributed by atoms with Crippen LogP contribution in [0.2, 0.25) is 0 Å². The predicted molar refractivity (Wildman–Crippen MR) is 50.1 cm³/mol. The van der Waals surface area contributed by atoms with Gasteiger partial charge in [0.2, 0.25) is 5.91 Å². The number of esters is 1. The lowest BCUT2D eigenvalue weighted by molar-refractivity contribution is -0.147. The third-order valence-corrected chi connectivity index (χ3v) is 1.76. The molecule has 1 unspecified atom stereocenters. The van der Waals surface area contributed by atoms with E-state index in [1.54, 1.807) is 13.8 Å². The SMILES string of the molecule is C=CC(=O)OCC(C)(C)C(O)C(N)=O. The van der Waals surface area contributed by atoms with Crippen molar-refractivity contribution in [3.63, 3.8) is 0 Å². The van der Waals surface area contributed by atoms with E-state index >= 15 is 0 Å². The van der Waals surface area contributed by atoms with Crippen molar-refractivity contribution in [2.24, 2.45) is 11.1 Å². The summed E-state index contributed by atoms with van der Waals surface area (Å²) >= 11 is 0. The molecule has 0 saturated carbocycles. The molecule has 0 radical (unpaired) electrons. The minimum Gasteiger partial charge on any atom is -0.462 e. The van der Waals surface area contributed by atoms with E-state index in [2.05, 4.69) is 6.58 Å². The lowest BCUT2D eigenvalue weighted by Crippen LogP contribution is -2.43. The van der Waals surface area contributed by atoms with Crippen molar-refractivity contribution in [1.82, 2.24) is 0 Å². The predicted octanol–water partition coefficient (Wildman–Crippen LogP) is -0.412. The molecule has 0 aromatic rings. The second kappa shape index (κ2) is 4.76. The molecule has 0 aliphatic heterocycles. The molecule has 0 aliphatic rings. The van der Waals surface area contributed by atoms with E-state index in [9.17, 15) is 14.7 Å². The van der Waals surface area contributed by atoms with Crippen molar-refractivity contribution in [2.75, 3.05) is 6.61 Å². The maximum atomic E-state index is 10.7. The highest BCUT2D eigenvalue weighted by molar-refractivity contribution is 5.81. The van der Waals surface area contributed by atoms with Gasteiger partial charge in [0.05, 0.1) is 6.61 Å². The zero-order chi connectivity index (χ0) is 11.4. The molecule has 1 amide bonds. The van der Waals surface area contributed by atoms with E-state index in [1.165, 1.54) is 0 Å². The Morgan fingerprint density at radius 2 is 2.14 bits per heavy atom. The maximum absolute atomic E-state index is 10.7. The zero-order valence-electron chi connectivity index (χ0n) is 8.32. The van der Waals surface area contributed by atoms with Gasteiger partial charge in [-0.15, -0.1) is 0 Å². The van der Waals surface area contributed by atoms with E-state index in [0.29, 0.717) is 0 Å². The number of hydrogen-bond acceptors (Lipinski definition) is 4. The molecule has 5 nitrogen and oxygen atoms in total. The van der Waals surface area contributed by atoms with Crippen LogP contribution in [0.1, 0.15) is 13.8 Å². The van der Waals surface area contributed by atoms with Crippen LogP contribution in [0, 0.1) is 5.41 Å². The third kappa shape index (κ3) is 3.57. The minimum atomic E-state index is -1.35. The summed E-state index contributed by atoms with van der Waals surface area (Å²) in [7, 11) is 0. The molecule has 0 heterocycles. The van der Waals surface area contributed by atoms with Gasteiger partial charge in [-0.1, -0.05) is 20.4 Å². The van der Waals surface area contributed by atoms with Crippen LogP contribution >= 0.6 is 0 Å². The molecule has 14 heavy (non-hydrogen) atoms. The monoisotopic (exact) mass is 201 g/mol. The fourth-order valence-electron chi connectivity index (χ4n) is 0.780. The second-order valence-electron chi connectivity index (χ2n) is 3.61. The summed E-state index contributed by atoms with van der Waals surface area (Å²) in [6.45, 7) is 6.25. The summed E-state index contributed by atoms with van der Waals surface area (Å²) < 4.78 is 4.70. The minimum absolute atomic E-state index is 0.0953. The first-order valence-corrected chi connectivity index (χ1v) is 4.08.